The minimum Gasteiger partial charge on any atom is -0.480 e. The van der Waals surface area contributed by atoms with Gasteiger partial charge in [0.25, 0.3) is 6.47 Å². The van der Waals surface area contributed by atoms with E-state index in [9.17, 15) is 9.59 Å². The number of rotatable bonds is 3. The van der Waals surface area contributed by atoms with Gasteiger partial charge in [-0.1, -0.05) is 0 Å². The normalized spacial score (nSPS) is 29.8. The van der Waals surface area contributed by atoms with E-state index in [0.717, 1.165) is 0 Å². The molecule has 0 aromatic heterocycles. The van der Waals surface area contributed by atoms with Crippen molar-refractivity contribution >= 4 is 12.4 Å². The minimum atomic E-state index is -0.901. The number of ether oxygens (including phenoxy) is 1. The molecule has 0 saturated carbocycles. The smallest absolute Gasteiger partial charge is 0.320 e. The minimum absolute atomic E-state index is 0.321. The molecule has 0 amide bonds. The molecular weight excluding hydrogens is 150 g/mol. The van der Waals surface area contributed by atoms with Crippen LogP contribution in [0, 0.1) is 0 Å². The fourth-order valence-electron chi connectivity index (χ4n) is 1.08. The second-order valence-corrected chi connectivity index (χ2v) is 2.36. The summed E-state index contributed by atoms with van der Waals surface area (Å²) in [6, 6.07) is -0.569. The van der Waals surface area contributed by atoms with Gasteiger partial charge in [0.1, 0.15) is 6.04 Å². The van der Waals surface area contributed by atoms with Crippen LogP contribution in [-0.4, -0.2) is 29.8 Å². The average Bonchev–Trinajstić information content (AvgIpc) is 2.37. The lowest BCUT2D eigenvalue weighted by atomic mass is 10.2. The maximum atomic E-state index is 10.3. The summed E-state index contributed by atoms with van der Waals surface area (Å²) in [6.07, 6.45) is 0.650. The van der Waals surface area contributed by atoms with E-state index in [1.165, 1.54) is 0 Å². The zero-order valence-electron chi connectivity index (χ0n) is 5.82. The number of carboxylic acid groups (broad SMARTS) is 1. The van der Waals surface area contributed by atoms with Crippen LogP contribution in [0.2, 0.25) is 0 Å². The predicted octanol–water partition coefficient (Wildman–Crippen LogP) is -0.678. The molecule has 5 heteroatoms. The van der Waals surface area contributed by atoms with E-state index < -0.39 is 18.2 Å². The highest BCUT2D eigenvalue weighted by Crippen LogP contribution is 2.12. The van der Waals surface area contributed by atoms with Crippen LogP contribution in [0.1, 0.15) is 12.8 Å². The molecule has 11 heavy (non-hydrogen) atoms. The van der Waals surface area contributed by atoms with Crippen molar-refractivity contribution in [1.29, 1.82) is 0 Å². The third kappa shape index (κ3) is 1.91. The van der Waals surface area contributed by atoms with E-state index in [2.05, 4.69) is 10.1 Å². The van der Waals surface area contributed by atoms with Crippen LogP contribution in [-0.2, 0) is 14.3 Å². The fourth-order valence-corrected chi connectivity index (χ4v) is 1.08. The Morgan fingerprint density at radius 1 is 1.64 bits per heavy atom. The Labute approximate surface area is 63.3 Å². The molecule has 0 aliphatic carbocycles. The van der Waals surface area contributed by atoms with Gasteiger partial charge in [0.15, 0.2) is 6.23 Å². The SMILES string of the molecule is O=COC1CCC(C(=O)O)N1. The van der Waals surface area contributed by atoms with Crippen LogP contribution in [0.3, 0.4) is 0 Å². The van der Waals surface area contributed by atoms with Crippen molar-refractivity contribution in [2.45, 2.75) is 25.1 Å². The Balaban J connectivity index is 2.34. The van der Waals surface area contributed by atoms with E-state index in [1.54, 1.807) is 0 Å². The highest BCUT2D eigenvalue weighted by molar-refractivity contribution is 5.73. The summed E-state index contributed by atoms with van der Waals surface area (Å²) in [6.45, 7) is 0.321. The molecule has 1 aliphatic heterocycles. The molecule has 0 radical (unpaired) electrons. The van der Waals surface area contributed by atoms with Gasteiger partial charge in [-0.25, -0.2) is 0 Å². The predicted molar refractivity (Wildman–Crippen MR) is 34.7 cm³/mol. The number of aliphatic carboxylic acids is 1. The Hall–Kier alpha value is -1.10. The van der Waals surface area contributed by atoms with Crippen LogP contribution in [0.15, 0.2) is 0 Å². The van der Waals surface area contributed by atoms with Crippen molar-refractivity contribution < 1.29 is 19.4 Å². The first-order chi connectivity index (χ1) is 5.24. The maximum absolute atomic E-state index is 10.3. The molecule has 2 unspecified atom stereocenters. The van der Waals surface area contributed by atoms with Crippen LogP contribution >= 0.6 is 0 Å². The molecule has 1 heterocycles. The standard InChI is InChI=1S/C6H9NO4/c8-3-11-5-2-1-4(7-5)6(9)10/h3-5,7H,1-2H2,(H,9,10). The zero-order valence-corrected chi connectivity index (χ0v) is 5.82. The van der Waals surface area contributed by atoms with Crippen LogP contribution < -0.4 is 5.32 Å². The second-order valence-electron chi connectivity index (χ2n) is 2.36. The molecule has 62 valence electrons. The van der Waals surface area contributed by atoms with E-state index >= 15 is 0 Å². The Bertz CT molecular complexity index is 170. The summed E-state index contributed by atoms with van der Waals surface area (Å²) in [5.41, 5.74) is 0. The first-order valence-corrected chi connectivity index (χ1v) is 3.32. The summed E-state index contributed by atoms with van der Waals surface area (Å²) in [5.74, 6) is -0.901. The third-order valence-electron chi connectivity index (χ3n) is 1.62. The maximum Gasteiger partial charge on any atom is 0.320 e. The third-order valence-corrected chi connectivity index (χ3v) is 1.62. The molecule has 1 aliphatic rings. The van der Waals surface area contributed by atoms with Gasteiger partial charge in [-0.3, -0.25) is 14.9 Å². The molecule has 1 saturated heterocycles. The van der Waals surface area contributed by atoms with E-state index in [-0.39, 0.29) is 0 Å². The molecule has 5 nitrogen and oxygen atoms in total. The molecule has 0 aromatic rings. The topological polar surface area (TPSA) is 75.6 Å². The van der Waals surface area contributed by atoms with Gasteiger partial charge in [0, 0.05) is 6.42 Å². The lowest BCUT2D eigenvalue weighted by Crippen LogP contribution is -2.36. The second kappa shape index (κ2) is 3.34. The van der Waals surface area contributed by atoms with Crippen molar-refractivity contribution in [3.05, 3.63) is 0 Å². The first-order valence-electron chi connectivity index (χ1n) is 3.32. The molecule has 2 atom stereocenters. The highest BCUT2D eigenvalue weighted by atomic mass is 16.5. The number of carbonyl (C=O) groups is 2. The van der Waals surface area contributed by atoms with Gasteiger partial charge in [0.05, 0.1) is 0 Å². The largest absolute Gasteiger partial charge is 0.480 e. The molecular formula is C6H9NO4. The van der Waals surface area contributed by atoms with Gasteiger partial charge in [0.2, 0.25) is 0 Å². The van der Waals surface area contributed by atoms with Crippen molar-refractivity contribution in [2.75, 3.05) is 0 Å². The summed E-state index contributed by atoms with van der Waals surface area (Å²) >= 11 is 0. The molecule has 2 N–H and O–H groups in total. The van der Waals surface area contributed by atoms with Gasteiger partial charge < -0.3 is 9.84 Å². The molecule has 1 fully saturated rings. The fraction of sp³-hybridized carbons (Fsp3) is 0.667. The van der Waals surface area contributed by atoms with E-state index in [0.29, 0.717) is 19.3 Å². The summed E-state index contributed by atoms with van der Waals surface area (Å²) in [7, 11) is 0. The van der Waals surface area contributed by atoms with Gasteiger partial charge >= 0.3 is 5.97 Å². The summed E-state index contributed by atoms with van der Waals surface area (Å²) < 4.78 is 4.53. The summed E-state index contributed by atoms with van der Waals surface area (Å²) in [4.78, 5) is 20.2. The van der Waals surface area contributed by atoms with Gasteiger partial charge in [-0.15, -0.1) is 0 Å². The lowest BCUT2D eigenvalue weighted by Gasteiger charge is -2.08. The molecule has 0 spiro atoms. The molecule has 0 bridgehead atoms. The van der Waals surface area contributed by atoms with Crippen molar-refractivity contribution in [1.82, 2.24) is 5.32 Å². The van der Waals surface area contributed by atoms with Crippen molar-refractivity contribution in [3.8, 4) is 0 Å². The quantitative estimate of drug-likeness (QED) is 0.534. The number of nitrogens with one attached hydrogen (secondary N) is 1. The molecule has 0 aromatic carbocycles. The number of carboxylic acids is 1. The van der Waals surface area contributed by atoms with Gasteiger partial charge in [-0.2, -0.15) is 0 Å². The summed E-state index contributed by atoms with van der Waals surface area (Å²) in [5, 5.41) is 11.1. The van der Waals surface area contributed by atoms with Crippen LogP contribution in [0.4, 0.5) is 0 Å². The number of carbonyl (C=O) groups excluding carboxylic acids is 1. The first kappa shape index (κ1) is 8.00. The van der Waals surface area contributed by atoms with Crippen molar-refractivity contribution in [2.24, 2.45) is 0 Å². The Morgan fingerprint density at radius 2 is 2.36 bits per heavy atom. The monoisotopic (exact) mass is 159 g/mol. The van der Waals surface area contributed by atoms with Crippen LogP contribution in [0.5, 0.6) is 0 Å². The van der Waals surface area contributed by atoms with E-state index in [4.69, 9.17) is 5.11 Å². The van der Waals surface area contributed by atoms with Crippen LogP contribution in [0.25, 0.3) is 0 Å². The molecule has 1 rings (SSSR count). The van der Waals surface area contributed by atoms with Gasteiger partial charge in [-0.05, 0) is 6.42 Å². The average molecular weight is 159 g/mol. The Morgan fingerprint density at radius 3 is 2.82 bits per heavy atom. The zero-order chi connectivity index (χ0) is 8.27. The Kier molecular flexibility index (Phi) is 2.43. The van der Waals surface area contributed by atoms with E-state index in [1.807, 2.05) is 0 Å². The number of hydrogen-bond acceptors (Lipinski definition) is 4. The lowest BCUT2D eigenvalue weighted by molar-refractivity contribution is -0.141. The number of hydrogen-bond donors (Lipinski definition) is 2. The van der Waals surface area contributed by atoms with Crippen molar-refractivity contribution in [3.63, 3.8) is 0 Å². The highest BCUT2D eigenvalue weighted by Gasteiger charge is 2.29.